The van der Waals surface area contributed by atoms with Gasteiger partial charge < -0.3 is 14.8 Å². The number of rotatable bonds is 9. The Hall–Kier alpha value is -3.42. The molecule has 1 N–H and O–H groups in total. The fourth-order valence-electron chi connectivity index (χ4n) is 2.43. The van der Waals surface area contributed by atoms with Crippen LogP contribution in [0.2, 0.25) is 0 Å². The SMILES string of the molecule is Cc1ccc([N+](=O)[O-])c(NC(=O)COC(=O)CCCOc2ccccc2)c1C. The van der Waals surface area contributed by atoms with Gasteiger partial charge in [-0.05, 0) is 43.5 Å². The van der Waals surface area contributed by atoms with E-state index in [0.717, 1.165) is 5.56 Å². The Morgan fingerprint density at radius 3 is 2.50 bits per heavy atom. The Morgan fingerprint density at radius 1 is 1.11 bits per heavy atom. The number of hydrogen-bond donors (Lipinski definition) is 1. The van der Waals surface area contributed by atoms with Crippen LogP contribution in [0.15, 0.2) is 42.5 Å². The highest BCUT2D eigenvalue weighted by Gasteiger charge is 2.20. The lowest BCUT2D eigenvalue weighted by atomic mass is 10.1. The van der Waals surface area contributed by atoms with E-state index in [1.54, 1.807) is 19.9 Å². The molecule has 0 bridgehead atoms. The number of benzene rings is 2. The van der Waals surface area contributed by atoms with Crippen LogP contribution < -0.4 is 10.1 Å². The number of nitro benzene ring substituents is 1. The van der Waals surface area contributed by atoms with E-state index in [1.807, 2.05) is 30.3 Å². The first-order valence-electron chi connectivity index (χ1n) is 8.76. The molecule has 0 atom stereocenters. The number of nitrogens with zero attached hydrogens (tertiary/aromatic N) is 1. The lowest BCUT2D eigenvalue weighted by Gasteiger charge is -2.11. The summed E-state index contributed by atoms with van der Waals surface area (Å²) >= 11 is 0. The van der Waals surface area contributed by atoms with Crippen molar-refractivity contribution in [2.75, 3.05) is 18.5 Å². The molecular weight excluding hydrogens is 364 g/mol. The molecule has 0 saturated carbocycles. The van der Waals surface area contributed by atoms with E-state index >= 15 is 0 Å². The van der Waals surface area contributed by atoms with Crippen LogP contribution in [0.5, 0.6) is 5.75 Å². The van der Waals surface area contributed by atoms with Crippen molar-refractivity contribution in [3.05, 3.63) is 63.7 Å². The fraction of sp³-hybridized carbons (Fsp3) is 0.300. The smallest absolute Gasteiger partial charge is 0.306 e. The van der Waals surface area contributed by atoms with Gasteiger partial charge in [-0.1, -0.05) is 24.3 Å². The molecule has 1 amide bonds. The number of carbonyl (C=O) groups is 2. The van der Waals surface area contributed by atoms with Crippen molar-refractivity contribution in [1.82, 2.24) is 0 Å². The second kappa shape index (κ2) is 10.1. The summed E-state index contributed by atoms with van der Waals surface area (Å²) in [6.07, 6.45) is 0.543. The molecule has 0 aliphatic rings. The molecule has 0 heterocycles. The van der Waals surface area contributed by atoms with Gasteiger partial charge in [0.1, 0.15) is 11.4 Å². The van der Waals surface area contributed by atoms with E-state index in [2.05, 4.69) is 5.32 Å². The number of nitrogens with one attached hydrogen (secondary N) is 1. The van der Waals surface area contributed by atoms with Crippen LogP contribution >= 0.6 is 0 Å². The normalized spacial score (nSPS) is 10.2. The Bertz CT molecular complexity index is 851. The Balaban J connectivity index is 1.77. The minimum Gasteiger partial charge on any atom is -0.494 e. The quantitative estimate of drug-likeness (QED) is 0.306. The van der Waals surface area contributed by atoms with Crippen LogP contribution in [0.4, 0.5) is 11.4 Å². The lowest BCUT2D eigenvalue weighted by molar-refractivity contribution is -0.384. The maximum atomic E-state index is 12.0. The van der Waals surface area contributed by atoms with Crippen molar-refractivity contribution in [3.8, 4) is 5.75 Å². The number of carbonyl (C=O) groups excluding carboxylic acids is 2. The van der Waals surface area contributed by atoms with Crippen LogP contribution in [-0.2, 0) is 14.3 Å². The molecule has 28 heavy (non-hydrogen) atoms. The summed E-state index contributed by atoms with van der Waals surface area (Å²) < 4.78 is 10.4. The van der Waals surface area contributed by atoms with E-state index in [-0.39, 0.29) is 17.8 Å². The number of amides is 1. The van der Waals surface area contributed by atoms with Gasteiger partial charge in [0.05, 0.1) is 11.5 Å². The molecule has 148 valence electrons. The predicted octanol–water partition coefficient (Wildman–Crippen LogP) is 3.55. The molecule has 0 unspecified atom stereocenters. The number of ether oxygens (including phenoxy) is 2. The molecule has 0 aliphatic carbocycles. The second-order valence-corrected chi connectivity index (χ2v) is 6.13. The summed E-state index contributed by atoms with van der Waals surface area (Å²) in [5.74, 6) is -0.460. The molecule has 2 aromatic rings. The number of hydrogen-bond acceptors (Lipinski definition) is 6. The van der Waals surface area contributed by atoms with Crippen molar-refractivity contribution >= 4 is 23.3 Å². The highest BCUT2D eigenvalue weighted by molar-refractivity contribution is 5.96. The van der Waals surface area contributed by atoms with Gasteiger partial charge in [-0.2, -0.15) is 0 Å². The summed E-state index contributed by atoms with van der Waals surface area (Å²) in [6, 6.07) is 12.1. The summed E-state index contributed by atoms with van der Waals surface area (Å²) in [5, 5.41) is 13.6. The third-order valence-electron chi connectivity index (χ3n) is 4.08. The Morgan fingerprint density at radius 2 is 1.82 bits per heavy atom. The molecule has 2 aromatic carbocycles. The van der Waals surface area contributed by atoms with E-state index in [1.165, 1.54) is 6.07 Å². The topological polar surface area (TPSA) is 108 Å². The van der Waals surface area contributed by atoms with Gasteiger partial charge >= 0.3 is 5.97 Å². The van der Waals surface area contributed by atoms with Gasteiger partial charge in [0, 0.05) is 12.5 Å². The number of aryl methyl sites for hydroxylation is 1. The fourth-order valence-corrected chi connectivity index (χ4v) is 2.43. The first kappa shape index (κ1) is 20.9. The van der Waals surface area contributed by atoms with Crippen molar-refractivity contribution in [2.45, 2.75) is 26.7 Å². The van der Waals surface area contributed by atoms with Gasteiger partial charge in [0.2, 0.25) is 0 Å². The molecule has 0 fully saturated rings. The summed E-state index contributed by atoms with van der Waals surface area (Å²) in [7, 11) is 0. The van der Waals surface area contributed by atoms with E-state index in [4.69, 9.17) is 9.47 Å². The minimum absolute atomic E-state index is 0.101. The van der Waals surface area contributed by atoms with Crippen LogP contribution in [0.25, 0.3) is 0 Å². The van der Waals surface area contributed by atoms with E-state index in [0.29, 0.717) is 24.3 Å². The molecule has 0 radical (unpaired) electrons. The highest BCUT2D eigenvalue weighted by atomic mass is 16.6. The minimum atomic E-state index is -0.634. The van der Waals surface area contributed by atoms with Gasteiger partial charge in [-0.25, -0.2) is 0 Å². The van der Waals surface area contributed by atoms with Gasteiger partial charge in [0.25, 0.3) is 11.6 Å². The van der Waals surface area contributed by atoms with Crippen LogP contribution in [0.3, 0.4) is 0 Å². The van der Waals surface area contributed by atoms with Crippen LogP contribution in [0, 0.1) is 24.0 Å². The Labute approximate surface area is 162 Å². The molecule has 2 rings (SSSR count). The van der Waals surface area contributed by atoms with E-state index in [9.17, 15) is 19.7 Å². The largest absolute Gasteiger partial charge is 0.494 e. The zero-order chi connectivity index (χ0) is 20.5. The number of para-hydroxylation sites is 1. The summed E-state index contributed by atoms with van der Waals surface area (Å²) in [6.45, 7) is 3.30. The van der Waals surface area contributed by atoms with E-state index < -0.39 is 23.4 Å². The zero-order valence-corrected chi connectivity index (χ0v) is 15.8. The van der Waals surface area contributed by atoms with Crippen molar-refractivity contribution < 1.29 is 24.0 Å². The standard InChI is InChI=1S/C20H22N2O6/c1-14-10-11-17(22(25)26)20(15(14)2)21-18(23)13-28-19(24)9-6-12-27-16-7-4-3-5-8-16/h3-5,7-8,10-11H,6,9,12-13H2,1-2H3,(H,21,23). The van der Waals surface area contributed by atoms with Crippen molar-refractivity contribution in [3.63, 3.8) is 0 Å². The molecule has 0 aliphatic heterocycles. The molecule has 8 heteroatoms. The predicted molar refractivity (Wildman–Crippen MR) is 103 cm³/mol. The van der Waals surface area contributed by atoms with Crippen LogP contribution in [-0.4, -0.2) is 30.0 Å². The number of anilines is 1. The zero-order valence-electron chi connectivity index (χ0n) is 15.8. The molecule has 0 saturated heterocycles. The maximum Gasteiger partial charge on any atom is 0.306 e. The molecular formula is C20H22N2O6. The van der Waals surface area contributed by atoms with Gasteiger partial charge in [-0.3, -0.25) is 19.7 Å². The first-order valence-corrected chi connectivity index (χ1v) is 8.76. The first-order chi connectivity index (χ1) is 13.4. The monoisotopic (exact) mass is 386 g/mol. The van der Waals surface area contributed by atoms with Crippen LogP contribution in [0.1, 0.15) is 24.0 Å². The molecule has 8 nitrogen and oxygen atoms in total. The molecule has 0 spiro atoms. The average Bonchev–Trinajstić information content (AvgIpc) is 2.68. The number of esters is 1. The summed E-state index contributed by atoms with van der Waals surface area (Å²) in [4.78, 5) is 34.3. The maximum absolute atomic E-state index is 12.0. The molecule has 0 aromatic heterocycles. The van der Waals surface area contributed by atoms with Gasteiger partial charge in [-0.15, -0.1) is 0 Å². The Kier molecular flexibility index (Phi) is 7.50. The third-order valence-corrected chi connectivity index (χ3v) is 4.08. The van der Waals surface area contributed by atoms with Crippen molar-refractivity contribution in [1.29, 1.82) is 0 Å². The third kappa shape index (κ3) is 6.08. The average molecular weight is 386 g/mol. The second-order valence-electron chi connectivity index (χ2n) is 6.13. The number of nitro groups is 1. The van der Waals surface area contributed by atoms with Crippen molar-refractivity contribution in [2.24, 2.45) is 0 Å². The summed E-state index contributed by atoms with van der Waals surface area (Å²) in [5.41, 5.74) is 1.30. The lowest BCUT2D eigenvalue weighted by Crippen LogP contribution is -2.22. The van der Waals surface area contributed by atoms with Gasteiger partial charge in [0.15, 0.2) is 6.61 Å². The highest BCUT2D eigenvalue weighted by Crippen LogP contribution is 2.30.